The van der Waals surface area contributed by atoms with E-state index in [0.29, 0.717) is 22.8 Å². The number of rotatable bonds is 14. The molecule has 79 heavy (non-hydrogen) atoms. The number of ether oxygens (including phenoxy) is 3. The van der Waals surface area contributed by atoms with Gasteiger partial charge in [-0.1, -0.05) is 63.3 Å². The van der Waals surface area contributed by atoms with E-state index in [4.69, 9.17) is 19.9 Å². The van der Waals surface area contributed by atoms with Crippen LogP contribution in [0.15, 0.2) is 60.2 Å². The lowest BCUT2D eigenvalue weighted by atomic mass is 9.76. The summed E-state index contributed by atoms with van der Waals surface area (Å²) in [6.45, 7) is 23.5. The second-order valence-corrected chi connectivity index (χ2v) is 23.1. The minimum atomic E-state index is -1.94. The van der Waals surface area contributed by atoms with Crippen molar-refractivity contribution < 1.29 is 57.7 Å². The quantitative estimate of drug-likeness (QED) is 0.102. The van der Waals surface area contributed by atoms with E-state index in [1.54, 1.807) is 61.5 Å². The van der Waals surface area contributed by atoms with Crippen LogP contribution in [0.3, 0.4) is 0 Å². The van der Waals surface area contributed by atoms with Crippen molar-refractivity contribution in [2.75, 3.05) is 26.7 Å². The third kappa shape index (κ3) is 16.6. The van der Waals surface area contributed by atoms with Crippen molar-refractivity contribution >= 4 is 53.2 Å². The van der Waals surface area contributed by atoms with Crippen molar-refractivity contribution in [3.05, 3.63) is 93.8 Å². The van der Waals surface area contributed by atoms with Gasteiger partial charge in [0.2, 0.25) is 29.5 Å². The average molecular weight is 1100 g/mol. The molecular weight excluding hydrogens is 1020 g/mol. The van der Waals surface area contributed by atoms with E-state index < -0.39 is 94.6 Å². The van der Waals surface area contributed by atoms with Crippen molar-refractivity contribution in [1.29, 1.82) is 0 Å². The number of carbonyl (C=O) groups is 8. The van der Waals surface area contributed by atoms with Crippen molar-refractivity contribution in [3.8, 4) is 17.1 Å². The number of likely N-dealkylation sites (N-methyl/N-ethyl adjacent to an activating group) is 1. The average Bonchev–Trinajstić information content (AvgIpc) is 3.33. The Labute approximate surface area is 461 Å². The summed E-state index contributed by atoms with van der Waals surface area (Å²) < 4.78 is 17.1. The van der Waals surface area contributed by atoms with Gasteiger partial charge in [0.1, 0.15) is 53.3 Å². The smallest absolute Gasteiger partial charge is 0.407 e. The van der Waals surface area contributed by atoms with Gasteiger partial charge >= 0.3 is 12.2 Å². The Balaban J connectivity index is 1.64. The third-order valence-corrected chi connectivity index (χ3v) is 12.9. The predicted molar refractivity (Wildman–Crippen MR) is 295 cm³/mol. The molecule has 0 fully saturated rings. The summed E-state index contributed by atoms with van der Waals surface area (Å²) in [6.07, 6.45) is 1.17. The predicted octanol–water partition coefficient (Wildman–Crippen LogP) is 4.63. The molecule has 8 amide bonds. The van der Waals surface area contributed by atoms with E-state index in [-0.39, 0.29) is 66.0 Å². The monoisotopic (exact) mass is 1090 g/mol. The first kappa shape index (κ1) is 62.0. The maximum atomic E-state index is 15.3. The SMILES string of the molecule is CC(=O)NC1C=C2C=C(c3cc(ccc3OCCNC(=O)OC(C)(C)C)[C@H](N(C)C(=O)[C@H](CCNC(=O)OC(C)(C)C)NC(=O)c3c(C)nc(-c4ccc(C(C)(C)C)cc4)nc3C)C(=O)N[C@@H](C)C(=O)N[C@H](C(N)=O)C2)C1(C)O. The van der Waals surface area contributed by atoms with Gasteiger partial charge in [0.25, 0.3) is 5.91 Å². The van der Waals surface area contributed by atoms with Crippen molar-refractivity contribution in [2.45, 2.75) is 162 Å². The standard InChI is InChI=1S/C57H78N10O12/c1-30-44(31(2)62-47(61-30)35-16-19-37(20-17-35)54(5,6)7)49(71)65-40(22-23-59-52(74)78-55(8,9)10)51(73)67(15)45-36-18-21-42(77-25-24-60-53(75)79-56(11,12)13)38(29-36)39-26-34(28-43(57(39,14)76)64-33(4)68)27-41(46(58)69)66-48(70)32(3)63-50(45)72/h16-21,26,28-29,32,40-41,43,45,76H,22-25,27H2,1-15H3,(H2,58,69)(H,59,74)(H,60,75)(H,63,72)(H,64,68)(H,65,71)(H,66,70)/t32-,40-,41-,43?,45-,57?/m0/s1. The Kier molecular flexibility index (Phi) is 19.5. The van der Waals surface area contributed by atoms with E-state index in [0.717, 1.165) is 16.0 Å². The van der Waals surface area contributed by atoms with Crippen LogP contribution in [0, 0.1) is 13.8 Å². The first-order valence-electron chi connectivity index (χ1n) is 26.1. The minimum Gasteiger partial charge on any atom is -0.491 e. The molecule has 1 aliphatic carbocycles. The van der Waals surface area contributed by atoms with E-state index in [9.17, 15) is 38.7 Å². The molecule has 0 saturated carbocycles. The largest absolute Gasteiger partial charge is 0.491 e. The zero-order valence-corrected chi connectivity index (χ0v) is 48.0. The Hall–Kier alpha value is -7.88. The zero-order chi connectivity index (χ0) is 59.1. The summed E-state index contributed by atoms with van der Waals surface area (Å²) in [5, 5.41) is 28.6. The number of nitrogens with two attached hydrogens (primary N) is 1. The fourth-order valence-corrected chi connectivity index (χ4v) is 8.94. The normalized spacial score (nSPS) is 20.1. The number of aromatic nitrogens is 2. The van der Waals surface area contributed by atoms with Gasteiger partial charge in [-0.3, -0.25) is 28.8 Å². The van der Waals surface area contributed by atoms with Gasteiger partial charge in [-0.15, -0.1) is 0 Å². The minimum absolute atomic E-state index is 0.0397. The van der Waals surface area contributed by atoms with Crippen LogP contribution in [-0.4, -0.2) is 135 Å². The molecule has 3 aromatic rings. The lowest BCUT2D eigenvalue weighted by Crippen LogP contribution is -2.55. The Morgan fingerprint density at radius 2 is 1.44 bits per heavy atom. The number of alkyl carbamates (subject to hydrolysis) is 2. The van der Waals surface area contributed by atoms with Crippen LogP contribution in [-0.2, 0) is 38.9 Å². The number of fused-ring (bicyclic) bond motifs is 4. The molecule has 0 radical (unpaired) electrons. The molecule has 428 valence electrons. The molecule has 2 unspecified atom stereocenters. The van der Waals surface area contributed by atoms with Gasteiger partial charge in [0.05, 0.1) is 29.5 Å². The molecule has 2 aromatic carbocycles. The number of hydrogen-bond acceptors (Lipinski definition) is 14. The maximum Gasteiger partial charge on any atom is 0.407 e. The van der Waals surface area contributed by atoms with Crippen LogP contribution in [0.2, 0.25) is 0 Å². The molecule has 0 saturated heterocycles. The number of allylic oxidation sites excluding steroid dienone is 1. The second kappa shape index (κ2) is 24.8. The van der Waals surface area contributed by atoms with Crippen LogP contribution in [0.25, 0.3) is 17.0 Å². The number of nitrogens with zero attached hydrogens (tertiary/aromatic N) is 3. The molecular formula is C57H78N10O12. The highest BCUT2D eigenvalue weighted by Crippen LogP contribution is 2.42. The van der Waals surface area contributed by atoms with Crippen molar-refractivity contribution in [2.24, 2.45) is 5.73 Å². The van der Waals surface area contributed by atoms with Crippen molar-refractivity contribution in [1.82, 2.24) is 46.8 Å². The summed E-state index contributed by atoms with van der Waals surface area (Å²) in [5.41, 5.74) is 5.45. The van der Waals surface area contributed by atoms with Crippen LogP contribution in [0.5, 0.6) is 5.75 Å². The van der Waals surface area contributed by atoms with Gasteiger partial charge in [-0.25, -0.2) is 19.6 Å². The molecule has 22 nitrogen and oxygen atoms in total. The summed E-state index contributed by atoms with van der Waals surface area (Å²) in [7, 11) is 1.32. The Morgan fingerprint density at radius 3 is 1.99 bits per heavy atom. The number of primary amides is 1. The fourth-order valence-electron chi connectivity index (χ4n) is 8.94. The van der Waals surface area contributed by atoms with Gasteiger partial charge in [-0.2, -0.15) is 0 Å². The van der Waals surface area contributed by atoms with E-state index >= 15 is 4.79 Å². The van der Waals surface area contributed by atoms with Crippen LogP contribution >= 0.6 is 0 Å². The molecule has 4 bridgehead atoms. The van der Waals surface area contributed by atoms with E-state index in [2.05, 4.69) is 62.6 Å². The number of nitrogens with one attached hydrogen (secondary N) is 6. The first-order chi connectivity index (χ1) is 36.6. The zero-order valence-electron chi connectivity index (χ0n) is 48.0. The Morgan fingerprint density at radius 1 is 0.861 bits per heavy atom. The summed E-state index contributed by atoms with van der Waals surface area (Å²) in [6, 6.07) is 5.38. The molecule has 1 aliphatic heterocycles. The molecule has 1 aromatic heterocycles. The summed E-state index contributed by atoms with van der Waals surface area (Å²) in [5.74, 6) is -4.20. The summed E-state index contributed by atoms with van der Waals surface area (Å²) in [4.78, 5) is 120. The number of amides is 8. The molecule has 22 heteroatoms. The van der Waals surface area contributed by atoms with E-state index in [1.807, 2.05) is 24.3 Å². The second-order valence-electron chi connectivity index (χ2n) is 23.1. The van der Waals surface area contributed by atoms with Gasteiger partial charge in [0.15, 0.2) is 5.82 Å². The number of benzene rings is 2. The van der Waals surface area contributed by atoms with Gasteiger partial charge in [-0.05, 0) is 115 Å². The van der Waals surface area contributed by atoms with E-state index in [1.165, 1.54) is 52.1 Å². The van der Waals surface area contributed by atoms with Gasteiger partial charge < -0.3 is 61.9 Å². The van der Waals surface area contributed by atoms with Crippen LogP contribution < -0.4 is 42.4 Å². The molecule has 2 aliphatic rings. The first-order valence-corrected chi connectivity index (χ1v) is 26.1. The fraction of sp³-hybridized carbons (Fsp3) is 0.509. The van der Waals surface area contributed by atoms with Crippen molar-refractivity contribution in [3.63, 3.8) is 0 Å². The van der Waals surface area contributed by atoms with Crippen LogP contribution in [0.4, 0.5) is 9.59 Å². The lowest BCUT2D eigenvalue weighted by molar-refractivity contribution is -0.141. The number of carbonyl (C=O) groups excluding carboxylic acids is 8. The highest BCUT2D eigenvalue weighted by Gasteiger charge is 2.42. The summed E-state index contributed by atoms with van der Waals surface area (Å²) >= 11 is 0. The molecule has 0 spiro atoms. The van der Waals surface area contributed by atoms with Gasteiger partial charge in [0, 0.05) is 38.1 Å². The molecule has 6 atom stereocenters. The molecule has 9 N–H and O–H groups in total. The molecule has 5 rings (SSSR count). The van der Waals surface area contributed by atoms with Crippen LogP contribution in [0.1, 0.15) is 140 Å². The highest BCUT2D eigenvalue weighted by atomic mass is 16.6. The topological polar surface area (TPSA) is 312 Å². The number of hydrogen-bond donors (Lipinski definition) is 8. The molecule has 2 heterocycles. The third-order valence-electron chi connectivity index (χ3n) is 12.9. The number of aryl methyl sites for hydroxylation is 2. The Bertz CT molecular complexity index is 2870. The highest BCUT2D eigenvalue weighted by molar-refractivity contribution is 6.00. The number of aliphatic hydroxyl groups is 1. The lowest BCUT2D eigenvalue weighted by Gasteiger charge is -2.39. The maximum absolute atomic E-state index is 15.3.